The van der Waals surface area contributed by atoms with E-state index in [2.05, 4.69) is 0 Å². The van der Waals surface area contributed by atoms with E-state index in [4.69, 9.17) is 21.1 Å². The van der Waals surface area contributed by atoms with Gasteiger partial charge in [0.2, 0.25) is 0 Å². The Hall–Kier alpha value is -1.26. The molecule has 0 radical (unpaired) electrons. The molecule has 1 N–H and O–H groups in total. The van der Waals surface area contributed by atoms with Crippen LogP contribution >= 0.6 is 11.6 Å². The van der Waals surface area contributed by atoms with Crippen molar-refractivity contribution < 1.29 is 19.4 Å². The lowest BCUT2D eigenvalue weighted by Gasteiger charge is -2.23. The van der Waals surface area contributed by atoms with Gasteiger partial charge < -0.3 is 14.6 Å². The lowest BCUT2D eigenvalue weighted by atomic mass is 10.0. The topological polar surface area (TPSA) is 55.8 Å². The first-order valence-electron chi connectivity index (χ1n) is 6.26. The van der Waals surface area contributed by atoms with Crippen molar-refractivity contribution in [2.75, 3.05) is 13.7 Å². The Balaban J connectivity index is 2.20. The maximum atomic E-state index is 11.1. The number of benzene rings is 1. The fourth-order valence-electron chi connectivity index (χ4n) is 2.37. The van der Waals surface area contributed by atoms with E-state index in [0.717, 1.165) is 25.7 Å². The largest absolute Gasteiger partial charge is 0.493 e. The summed E-state index contributed by atoms with van der Waals surface area (Å²) in [5.74, 6) is 0.735. The highest BCUT2D eigenvalue weighted by Gasteiger charge is 2.32. The van der Waals surface area contributed by atoms with Crippen molar-refractivity contribution in [3.05, 3.63) is 22.7 Å². The van der Waals surface area contributed by atoms with Crippen LogP contribution in [0, 0.1) is 0 Å². The van der Waals surface area contributed by atoms with Crippen molar-refractivity contribution in [1.82, 2.24) is 0 Å². The Morgan fingerprint density at radius 3 is 2.68 bits per heavy atom. The fraction of sp³-hybridized carbons (Fsp3) is 0.500. The van der Waals surface area contributed by atoms with Gasteiger partial charge in [-0.25, -0.2) is 0 Å². The van der Waals surface area contributed by atoms with Crippen molar-refractivity contribution in [2.45, 2.75) is 31.3 Å². The van der Waals surface area contributed by atoms with E-state index in [1.54, 1.807) is 6.07 Å². The normalized spacial score (nSPS) is 17.2. The number of rotatable bonds is 5. The van der Waals surface area contributed by atoms with Crippen molar-refractivity contribution in [3.63, 3.8) is 0 Å². The number of hydrogen-bond acceptors (Lipinski definition) is 4. The van der Waals surface area contributed by atoms with Crippen molar-refractivity contribution in [1.29, 1.82) is 0 Å². The molecule has 0 bridgehead atoms. The molecule has 0 aliphatic heterocycles. The molecule has 1 aliphatic carbocycles. The molecule has 0 atom stereocenters. The first-order valence-corrected chi connectivity index (χ1v) is 6.64. The minimum absolute atomic E-state index is 0.159. The Morgan fingerprint density at radius 2 is 2.11 bits per heavy atom. The summed E-state index contributed by atoms with van der Waals surface area (Å²) >= 11 is 5.89. The van der Waals surface area contributed by atoms with E-state index in [9.17, 15) is 9.90 Å². The zero-order chi connectivity index (χ0) is 13.9. The van der Waals surface area contributed by atoms with E-state index in [-0.39, 0.29) is 6.61 Å². The number of ether oxygens (including phenoxy) is 2. The standard InChI is InChI=1S/C14H17ClO4/c1-18-12-7-11(15)6-10(8-16)13(12)19-9-14(17)4-2-3-5-14/h6-8,17H,2-5,9H2,1H3. The minimum Gasteiger partial charge on any atom is -0.493 e. The van der Waals surface area contributed by atoms with E-state index in [0.29, 0.717) is 28.4 Å². The summed E-state index contributed by atoms with van der Waals surface area (Å²) in [6, 6.07) is 3.10. The first-order chi connectivity index (χ1) is 9.08. The number of aldehydes is 1. The van der Waals surface area contributed by atoms with Gasteiger partial charge in [-0.2, -0.15) is 0 Å². The molecule has 0 amide bonds. The molecule has 1 aliphatic rings. The summed E-state index contributed by atoms with van der Waals surface area (Å²) in [6.07, 6.45) is 4.11. The van der Waals surface area contributed by atoms with Crippen LogP contribution < -0.4 is 9.47 Å². The number of methoxy groups -OCH3 is 1. The Morgan fingerprint density at radius 1 is 1.42 bits per heavy atom. The third-order valence-electron chi connectivity index (χ3n) is 3.41. The Bertz CT molecular complexity index is 467. The zero-order valence-corrected chi connectivity index (χ0v) is 11.6. The molecule has 2 rings (SSSR count). The molecular formula is C14H17ClO4. The van der Waals surface area contributed by atoms with E-state index < -0.39 is 5.60 Å². The number of carbonyl (C=O) groups is 1. The van der Waals surface area contributed by atoms with Gasteiger partial charge in [-0.05, 0) is 18.9 Å². The first kappa shape index (κ1) is 14.2. The maximum Gasteiger partial charge on any atom is 0.171 e. The molecule has 1 saturated carbocycles. The summed E-state index contributed by atoms with van der Waals surface area (Å²) in [5, 5.41) is 10.7. The number of aliphatic hydroxyl groups is 1. The van der Waals surface area contributed by atoms with E-state index in [1.807, 2.05) is 0 Å². The van der Waals surface area contributed by atoms with Crippen LogP contribution in [0.3, 0.4) is 0 Å². The number of carbonyl (C=O) groups excluding carboxylic acids is 1. The summed E-state index contributed by atoms with van der Waals surface area (Å²) in [7, 11) is 1.48. The maximum absolute atomic E-state index is 11.1. The molecule has 19 heavy (non-hydrogen) atoms. The molecule has 0 saturated heterocycles. The average molecular weight is 285 g/mol. The third kappa shape index (κ3) is 3.19. The van der Waals surface area contributed by atoms with Crippen molar-refractivity contribution >= 4 is 17.9 Å². The van der Waals surface area contributed by atoms with Gasteiger partial charge in [0.1, 0.15) is 6.61 Å². The van der Waals surface area contributed by atoms with E-state index in [1.165, 1.54) is 13.2 Å². The van der Waals surface area contributed by atoms with Crippen LogP contribution in [0.2, 0.25) is 5.02 Å². The lowest BCUT2D eigenvalue weighted by molar-refractivity contribution is 0.000544. The van der Waals surface area contributed by atoms with Gasteiger partial charge in [-0.3, -0.25) is 4.79 Å². The molecule has 5 heteroatoms. The summed E-state index contributed by atoms with van der Waals surface area (Å²) in [4.78, 5) is 11.1. The summed E-state index contributed by atoms with van der Waals surface area (Å²) < 4.78 is 10.8. The van der Waals surface area contributed by atoms with Crippen LogP contribution in [0.1, 0.15) is 36.0 Å². The molecule has 1 fully saturated rings. The number of hydrogen-bond donors (Lipinski definition) is 1. The van der Waals surface area contributed by atoms with Gasteiger partial charge in [0.05, 0.1) is 18.3 Å². The monoisotopic (exact) mass is 284 g/mol. The lowest BCUT2D eigenvalue weighted by Crippen LogP contribution is -2.32. The second-order valence-corrected chi connectivity index (χ2v) is 5.30. The van der Waals surface area contributed by atoms with Crippen LogP contribution in [0.5, 0.6) is 11.5 Å². The van der Waals surface area contributed by atoms with E-state index >= 15 is 0 Å². The molecule has 4 nitrogen and oxygen atoms in total. The highest BCUT2D eigenvalue weighted by Crippen LogP contribution is 2.36. The molecule has 104 valence electrons. The van der Waals surface area contributed by atoms with Crippen LogP contribution in [-0.2, 0) is 0 Å². The molecular weight excluding hydrogens is 268 g/mol. The molecule has 0 spiro atoms. The van der Waals surface area contributed by atoms with Gasteiger partial charge in [0.25, 0.3) is 0 Å². The van der Waals surface area contributed by atoms with Crippen molar-refractivity contribution in [2.24, 2.45) is 0 Å². The van der Waals surface area contributed by atoms with Crippen LogP contribution in [0.15, 0.2) is 12.1 Å². The number of halogens is 1. The molecule has 0 unspecified atom stereocenters. The van der Waals surface area contributed by atoms with Crippen LogP contribution in [0.25, 0.3) is 0 Å². The minimum atomic E-state index is -0.801. The average Bonchev–Trinajstić information content (AvgIpc) is 2.83. The van der Waals surface area contributed by atoms with Gasteiger partial charge in [0.15, 0.2) is 17.8 Å². The predicted molar refractivity (Wildman–Crippen MR) is 72.3 cm³/mol. The van der Waals surface area contributed by atoms with Crippen LogP contribution in [0.4, 0.5) is 0 Å². The summed E-state index contributed by atoms with van der Waals surface area (Å²) in [5.41, 5.74) is -0.476. The van der Waals surface area contributed by atoms with Gasteiger partial charge in [0, 0.05) is 11.1 Å². The van der Waals surface area contributed by atoms with Crippen LogP contribution in [-0.4, -0.2) is 30.7 Å². The zero-order valence-electron chi connectivity index (χ0n) is 10.8. The fourth-order valence-corrected chi connectivity index (χ4v) is 2.58. The smallest absolute Gasteiger partial charge is 0.171 e. The summed E-state index contributed by atoms with van der Waals surface area (Å²) in [6.45, 7) is 0.159. The second-order valence-electron chi connectivity index (χ2n) is 4.86. The second kappa shape index (κ2) is 5.80. The molecule has 0 aromatic heterocycles. The molecule has 0 heterocycles. The van der Waals surface area contributed by atoms with Gasteiger partial charge in [-0.1, -0.05) is 24.4 Å². The highest BCUT2D eigenvalue weighted by atomic mass is 35.5. The highest BCUT2D eigenvalue weighted by molar-refractivity contribution is 6.31. The third-order valence-corrected chi connectivity index (χ3v) is 3.63. The quantitative estimate of drug-likeness (QED) is 0.845. The molecule has 1 aromatic carbocycles. The Labute approximate surface area is 117 Å². The van der Waals surface area contributed by atoms with Gasteiger partial charge in [-0.15, -0.1) is 0 Å². The SMILES string of the molecule is COc1cc(Cl)cc(C=O)c1OCC1(O)CCCC1. The Kier molecular flexibility index (Phi) is 4.32. The van der Waals surface area contributed by atoms with Gasteiger partial charge >= 0.3 is 0 Å². The predicted octanol–water partition coefficient (Wildman–Crippen LogP) is 2.85. The molecule has 1 aromatic rings. The van der Waals surface area contributed by atoms with Crippen molar-refractivity contribution in [3.8, 4) is 11.5 Å².